The lowest BCUT2D eigenvalue weighted by atomic mass is 9.99. The second-order valence-corrected chi connectivity index (χ2v) is 8.05. The third kappa shape index (κ3) is 6.40. The van der Waals surface area contributed by atoms with Gasteiger partial charge in [0.15, 0.2) is 0 Å². The molecule has 2 atom stereocenters. The number of nitrogens with zero attached hydrogens (tertiary/aromatic N) is 1. The van der Waals surface area contributed by atoms with Crippen LogP contribution in [0.25, 0.3) is 10.8 Å². The Hall–Kier alpha value is -3.71. The Labute approximate surface area is 194 Å². The minimum atomic E-state index is -0.792. The van der Waals surface area contributed by atoms with Crippen molar-refractivity contribution < 1.29 is 14.4 Å². The van der Waals surface area contributed by atoms with E-state index in [2.05, 4.69) is 28.3 Å². The highest BCUT2D eigenvalue weighted by atomic mass is 16.2. The number of rotatable bonds is 8. The number of hydrogen-bond donors (Lipinski definition) is 3. The van der Waals surface area contributed by atoms with Crippen molar-refractivity contribution in [2.75, 3.05) is 14.1 Å². The minimum absolute atomic E-state index is 0.204. The summed E-state index contributed by atoms with van der Waals surface area (Å²) in [7, 11) is 3.36. The molecule has 0 saturated heterocycles. The molecule has 0 heterocycles. The molecule has 0 aliphatic rings. The number of fused-ring (bicyclic) bond motifs is 1. The van der Waals surface area contributed by atoms with Gasteiger partial charge in [-0.1, -0.05) is 72.8 Å². The SMILES string of the molecule is CN[C@H](Cc1ccc2ccccc2c1)C(=O)N(C)[C@H](Cc1ccccc1)C(=O)NNC(C)=O. The van der Waals surface area contributed by atoms with E-state index < -0.39 is 18.0 Å². The third-order valence-electron chi connectivity index (χ3n) is 5.65. The molecule has 3 N–H and O–H groups in total. The molecular weight excluding hydrogens is 416 g/mol. The van der Waals surface area contributed by atoms with Crippen molar-refractivity contribution >= 4 is 28.5 Å². The van der Waals surface area contributed by atoms with Gasteiger partial charge >= 0.3 is 0 Å². The van der Waals surface area contributed by atoms with E-state index in [4.69, 9.17) is 0 Å². The zero-order valence-electron chi connectivity index (χ0n) is 19.2. The first-order chi connectivity index (χ1) is 15.9. The summed E-state index contributed by atoms with van der Waals surface area (Å²) in [4.78, 5) is 39.0. The molecular formula is C26H30N4O3. The molecule has 0 radical (unpaired) electrons. The van der Waals surface area contributed by atoms with Gasteiger partial charge in [0.2, 0.25) is 11.8 Å². The average molecular weight is 447 g/mol. The van der Waals surface area contributed by atoms with Crippen LogP contribution in [-0.4, -0.2) is 48.8 Å². The molecule has 0 aliphatic heterocycles. The molecule has 0 unspecified atom stereocenters. The Morgan fingerprint density at radius 1 is 0.818 bits per heavy atom. The number of benzene rings is 3. The lowest BCUT2D eigenvalue weighted by Gasteiger charge is -2.30. The molecule has 3 aromatic carbocycles. The molecule has 0 aliphatic carbocycles. The normalized spacial score (nSPS) is 12.6. The Morgan fingerprint density at radius 2 is 1.48 bits per heavy atom. The van der Waals surface area contributed by atoms with Crippen LogP contribution in [0.4, 0.5) is 0 Å². The van der Waals surface area contributed by atoms with Gasteiger partial charge in [-0.3, -0.25) is 25.2 Å². The van der Waals surface area contributed by atoms with Gasteiger partial charge in [-0.25, -0.2) is 0 Å². The second-order valence-electron chi connectivity index (χ2n) is 8.05. The van der Waals surface area contributed by atoms with Gasteiger partial charge in [0.05, 0.1) is 6.04 Å². The van der Waals surface area contributed by atoms with E-state index in [0.717, 1.165) is 21.9 Å². The van der Waals surface area contributed by atoms with Crippen LogP contribution < -0.4 is 16.2 Å². The number of carbonyl (C=O) groups is 3. The standard InChI is InChI=1S/C26H30N4O3/c1-18(31)28-29-25(32)24(17-19-9-5-4-6-10-19)30(3)26(33)23(27-2)16-20-13-14-21-11-7-8-12-22(21)15-20/h4-15,23-24,27H,16-17H2,1-3H3,(H,28,31)(H,29,32)/t23-,24-/m1/s1. The molecule has 7 nitrogen and oxygen atoms in total. The van der Waals surface area contributed by atoms with Crippen LogP contribution in [-0.2, 0) is 27.2 Å². The molecule has 172 valence electrons. The fourth-order valence-corrected chi connectivity index (χ4v) is 3.79. The summed E-state index contributed by atoms with van der Waals surface area (Å²) >= 11 is 0. The van der Waals surface area contributed by atoms with Crippen LogP contribution in [0.5, 0.6) is 0 Å². The zero-order valence-corrected chi connectivity index (χ0v) is 19.2. The van der Waals surface area contributed by atoms with Gasteiger partial charge in [-0.15, -0.1) is 0 Å². The fraction of sp³-hybridized carbons (Fsp3) is 0.269. The summed E-state index contributed by atoms with van der Waals surface area (Å²) < 4.78 is 0. The molecule has 7 heteroatoms. The van der Waals surface area contributed by atoms with Crippen LogP contribution in [0.3, 0.4) is 0 Å². The molecule has 0 fully saturated rings. The summed E-state index contributed by atoms with van der Waals surface area (Å²) in [5, 5.41) is 5.35. The van der Waals surface area contributed by atoms with Crippen LogP contribution in [0.15, 0.2) is 72.8 Å². The Morgan fingerprint density at radius 3 is 2.15 bits per heavy atom. The maximum absolute atomic E-state index is 13.4. The van der Waals surface area contributed by atoms with Crippen molar-refractivity contribution in [1.82, 2.24) is 21.1 Å². The van der Waals surface area contributed by atoms with Gasteiger partial charge in [-0.05, 0) is 35.4 Å². The lowest BCUT2D eigenvalue weighted by Crippen LogP contribution is -2.56. The van der Waals surface area contributed by atoms with E-state index in [9.17, 15) is 14.4 Å². The first-order valence-electron chi connectivity index (χ1n) is 10.9. The smallest absolute Gasteiger partial charge is 0.261 e. The van der Waals surface area contributed by atoms with Gasteiger partial charge in [0, 0.05) is 20.4 Å². The predicted octanol–water partition coefficient (Wildman–Crippen LogP) is 2.21. The first kappa shape index (κ1) is 23.9. The second kappa shape index (κ2) is 11.2. The van der Waals surface area contributed by atoms with Crippen molar-refractivity contribution in [3.63, 3.8) is 0 Å². The van der Waals surface area contributed by atoms with Gasteiger partial charge < -0.3 is 10.2 Å². The molecule has 0 bridgehead atoms. The molecule has 3 rings (SSSR count). The number of nitrogens with one attached hydrogen (secondary N) is 3. The highest BCUT2D eigenvalue weighted by molar-refractivity contribution is 5.91. The summed E-state index contributed by atoms with van der Waals surface area (Å²) in [6.07, 6.45) is 0.802. The Balaban J connectivity index is 1.79. The third-order valence-corrected chi connectivity index (χ3v) is 5.65. The van der Waals surface area contributed by atoms with Crippen molar-refractivity contribution in [3.05, 3.63) is 83.9 Å². The number of hydrazine groups is 1. The predicted molar refractivity (Wildman–Crippen MR) is 129 cm³/mol. The first-order valence-corrected chi connectivity index (χ1v) is 10.9. The topological polar surface area (TPSA) is 90.5 Å². The van der Waals surface area contributed by atoms with E-state index in [1.165, 1.54) is 11.8 Å². The van der Waals surface area contributed by atoms with Crippen LogP contribution >= 0.6 is 0 Å². The monoisotopic (exact) mass is 446 g/mol. The van der Waals surface area contributed by atoms with Crippen LogP contribution in [0.2, 0.25) is 0 Å². The number of hydrogen-bond acceptors (Lipinski definition) is 4. The van der Waals surface area contributed by atoms with Crippen molar-refractivity contribution in [1.29, 1.82) is 0 Å². The molecule has 0 aromatic heterocycles. The van der Waals surface area contributed by atoms with E-state index >= 15 is 0 Å². The number of carbonyl (C=O) groups excluding carboxylic acids is 3. The maximum Gasteiger partial charge on any atom is 0.261 e. The molecule has 3 amide bonds. The van der Waals surface area contributed by atoms with Crippen molar-refractivity contribution in [3.8, 4) is 0 Å². The summed E-state index contributed by atoms with van der Waals surface area (Å²) in [6, 6.07) is 22.4. The zero-order chi connectivity index (χ0) is 23.8. The van der Waals surface area contributed by atoms with Crippen LogP contribution in [0, 0.1) is 0 Å². The van der Waals surface area contributed by atoms with Gasteiger partial charge in [0.25, 0.3) is 5.91 Å². The quantitative estimate of drug-likeness (QED) is 0.463. The number of likely N-dealkylation sites (N-methyl/N-ethyl adjacent to an activating group) is 2. The fourth-order valence-electron chi connectivity index (χ4n) is 3.79. The van der Waals surface area contributed by atoms with Gasteiger partial charge in [-0.2, -0.15) is 0 Å². The summed E-state index contributed by atoms with van der Waals surface area (Å²) in [5.41, 5.74) is 6.66. The minimum Gasteiger partial charge on any atom is -0.332 e. The molecule has 0 spiro atoms. The molecule has 33 heavy (non-hydrogen) atoms. The largest absolute Gasteiger partial charge is 0.332 e. The maximum atomic E-state index is 13.4. The highest BCUT2D eigenvalue weighted by Gasteiger charge is 2.31. The van der Waals surface area contributed by atoms with E-state index in [1.807, 2.05) is 60.7 Å². The van der Waals surface area contributed by atoms with E-state index in [0.29, 0.717) is 12.8 Å². The van der Waals surface area contributed by atoms with E-state index in [1.54, 1.807) is 14.1 Å². The van der Waals surface area contributed by atoms with Gasteiger partial charge in [0.1, 0.15) is 6.04 Å². The van der Waals surface area contributed by atoms with Crippen molar-refractivity contribution in [2.45, 2.75) is 31.8 Å². The number of amides is 3. The Bertz CT molecular complexity index is 1120. The average Bonchev–Trinajstić information content (AvgIpc) is 2.84. The summed E-state index contributed by atoms with van der Waals surface area (Å²) in [5.74, 6) is -1.05. The van der Waals surface area contributed by atoms with Crippen molar-refractivity contribution in [2.24, 2.45) is 0 Å². The van der Waals surface area contributed by atoms with E-state index in [-0.39, 0.29) is 11.8 Å². The van der Waals surface area contributed by atoms with Crippen LogP contribution in [0.1, 0.15) is 18.1 Å². The molecule has 0 saturated carbocycles. The Kier molecular flexibility index (Phi) is 8.16. The highest BCUT2D eigenvalue weighted by Crippen LogP contribution is 2.18. The lowest BCUT2D eigenvalue weighted by molar-refractivity contribution is -0.141. The summed E-state index contributed by atoms with van der Waals surface area (Å²) in [6.45, 7) is 1.31. The molecule has 3 aromatic rings.